The zero-order valence-corrected chi connectivity index (χ0v) is 15.1. The lowest BCUT2D eigenvalue weighted by Gasteiger charge is -2.29. The Morgan fingerprint density at radius 2 is 1.27 bits per heavy atom. The minimum Gasteiger partial charge on any atom is -0.374 e. The molecule has 6 nitrogen and oxygen atoms in total. The van der Waals surface area contributed by atoms with E-state index in [1.54, 1.807) is 0 Å². The van der Waals surface area contributed by atoms with Gasteiger partial charge >= 0.3 is 8.80 Å². The minimum atomic E-state index is -2.57. The molecule has 0 aliphatic carbocycles. The molecular formula is C15H29N3O3Si. The lowest BCUT2D eigenvalue weighted by atomic mass is 10.4. The van der Waals surface area contributed by atoms with Gasteiger partial charge < -0.3 is 23.0 Å². The summed E-state index contributed by atoms with van der Waals surface area (Å²) < 4.78 is 17.5. The highest BCUT2D eigenvalue weighted by molar-refractivity contribution is 6.60. The average molecular weight is 328 g/mol. The van der Waals surface area contributed by atoms with Crippen LogP contribution in [0, 0.1) is 13.1 Å². The first kappa shape index (κ1) is 21.0. The normalized spacial score (nSPS) is 11.4. The lowest BCUT2D eigenvalue weighted by molar-refractivity contribution is 0.0700. The van der Waals surface area contributed by atoms with Crippen molar-refractivity contribution in [3.63, 3.8) is 0 Å². The van der Waals surface area contributed by atoms with Gasteiger partial charge in [0.25, 0.3) is 0 Å². The van der Waals surface area contributed by atoms with Gasteiger partial charge in [-0.05, 0) is 33.7 Å². The van der Waals surface area contributed by atoms with Crippen molar-refractivity contribution >= 4 is 8.80 Å². The minimum absolute atomic E-state index is 0.475. The lowest BCUT2D eigenvalue weighted by Crippen LogP contribution is -2.46. The second-order valence-corrected chi connectivity index (χ2v) is 7.42. The number of rotatable bonds is 14. The van der Waals surface area contributed by atoms with Crippen LogP contribution in [0.3, 0.4) is 0 Å². The van der Waals surface area contributed by atoms with Crippen molar-refractivity contribution in [2.45, 2.75) is 33.2 Å². The maximum atomic E-state index is 6.90. The molecule has 0 fully saturated rings. The van der Waals surface area contributed by atoms with Gasteiger partial charge in [0.1, 0.15) is 0 Å². The summed E-state index contributed by atoms with van der Waals surface area (Å²) in [6.45, 7) is 24.6. The van der Waals surface area contributed by atoms with Crippen molar-refractivity contribution in [3.05, 3.63) is 22.8 Å². The molecule has 0 unspecified atom stereocenters. The van der Waals surface area contributed by atoms with Crippen molar-refractivity contribution in [1.29, 1.82) is 0 Å². The third kappa shape index (κ3) is 9.14. The summed E-state index contributed by atoms with van der Waals surface area (Å²) in [5, 5.41) is 0. The van der Waals surface area contributed by atoms with E-state index in [9.17, 15) is 0 Å². The van der Waals surface area contributed by atoms with Crippen LogP contribution in [0.25, 0.3) is 9.69 Å². The van der Waals surface area contributed by atoms with Crippen LogP contribution in [0.1, 0.15) is 27.2 Å². The number of hydrogen-bond donors (Lipinski definition) is 0. The summed E-state index contributed by atoms with van der Waals surface area (Å²) in [6.07, 6.45) is 0.891. The van der Waals surface area contributed by atoms with E-state index in [4.69, 9.17) is 26.4 Å². The maximum absolute atomic E-state index is 6.90. The average Bonchev–Trinajstić information content (AvgIpc) is 2.50. The van der Waals surface area contributed by atoms with Crippen LogP contribution < -0.4 is 0 Å². The van der Waals surface area contributed by atoms with E-state index in [0.29, 0.717) is 46.0 Å². The van der Waals surface area contributed by atoms with E-state index in [-0.39, 0.29) is 0 Å². The first-order valence-corrected chi connectivity index (χ1v) is 9.91. The molecule has 0 N–H and O–H groups in total. The topological polar surface area (TPSA) is 39.7 Å². The van der Waals surface area contributed by atoms with Gasteiger partial charge in [-0.2, -0.15) is 0 Å². The summed E-state index contributed by atoms with van der Waals surface area (Å²) in [7, 11) is -2.57. The van der Waals surface area contributed by atoms with Gasteiger partial charge in [0, 0.05) is 25.9 Å². The Kier molecular flexibility index (Phi) is 13.1. The van der Waals surface area contributed by atoms with E-state index < -0.39 is 8.80 Å². The molecule has 0 rings (SSSR count). The molecule has 22 heavy (non-hydrogen) atoms. The summed E-state index contributed by atoms with van der Waals surface area (Å²) in [4.78, 5) is 8.95. The molecule has 0 saturated carbocycles. The summed E-state index contributed by atoms with van der Waals surface area (Å²) in [6, 6.07) is 0.773. The summed E-state index contributed by atoms with van der Waals surface area (Å²) in [5.74, 6) is 0. The van der Waals surface area contributed by atoms with Gasteiger partial charge in [-0.3, -0.25) is 4.90 Å². The highest BCUT2D eigenvalue weighted by Gasteiger charge is 2.39. The smallest absolute Gasteiger partial charge is 0.374 e. The van der Waals surface area contributed by atoms with Crippen LogP contribution in [0.4, 0.5) is 0 Å². The van der Waals surface area contributed by atoms with Crippen molar-refractivity contribution in [2.75, 3.05) is 52.5 Å². The van der Waals surface area contributed by atoms with Crippen LogP contribution in [0.2, 0.25) is 6.04 Å². The molecule has 0 aliphatic heterocycles. The van der Waals surface area contributed by atoms with E-state index in [1.165, 1.54) is 0 Å². The van der Waals surface area contributed by atoms with Crippen molar-refractivity contribution in [1.82, 2.24) is 4.90 Å². The highest BCUT2D eigenvalue weighted by Crippen LogP contribution is 2.18. The molecule has 0 aromatic heterocycles. The number of nitrogens with zero attached hydrogens (tertiary/aromatic N) is 3. The van der Waals surface area contributed by atoms with Gasteiger partial charge in [0.2, 0.25) is 13.1 Å². The Hall–Kier alpha value is -0.963. The molecule has 126 valence electrons. The molecule has 0 heterocycles. The molecule has 0 saturated heterocycles. The molecule has 0 aromatic carbocycles. The Labute approximate surface area is 136 Å². The summed E-state index contributed by atoms with van der Waals surface area (Å²) >= 11 is 0. The number of hydrogen-bond acceptors (Lipinski definition) is 4. The second-order valence-electron chi connectivity index (χ2n) is 4.69. The van der Waals surface area contributed by atoms with Crippen LogP contribution in [-0.2, 0) is 13.3 Å². The molecule has 0 bridgehead atoms. The molecule has 7 heteroatoms. The largest absolute Gasteiger partial charge is 0.500 e. The van der Waals surface area contributed by atoms with E-state index in [2.05, 4.69) is 14.6 Å². The van der Waals surface area contributed by atoms with Gasteiger partial charge in [-0.15, -0.1) is 0 Å². The first-order chi connectivity index (χ1) is 10.7. The Bertz CT molecular complexity index is 320. The second kappa shape index (κ2) is 13.7. The van der Waals surface area contributed by atoms with E-state index in [1.807, 2.05) is 20.8 Å². The molecule has 0 radical (unpaired) electrons. The third-order valence-electron chi connectivity index (χ3n) is 3.11. The first-order valence-electron chi connectivity index (χ1n) is 7.98. The van der Waals surface area contributed by atoms with Gasteiger partial charge in [0.15, 0.2) is 0 Å². The highest BCUT2D eigenvalue weighted by atomic mass is 28.4. The molecule has 0 amide bonds. The standard InChI is InChI=1S/C15H29N3O3Si/c1-6-19-22(20-7-2,21-8-3)15-9-12-18(13-10-16-4)14-11-17-5/h6-15H2,1-3H3. The van der Waals surface area contributed by atoms with Crippen molar-refractivity contribution in [3.8, 4) is 0 Å². The fraction of sp³-hybridized carbons (Fsp3) is 0.867. The van der Waals surface area contributed by atoms with Gasteiger partial charge in [0.05, 0.1) is 13.1 Å². The van der Waals surface area contributed by atoms with Crippen molar-refractivity contribution in [2.24, 2.45) is 0 Å². The molecule has 0 spiro atoms. The van der Waals surface area contributed by atoms with Crippen LogP contribution in [-0.4, -0.2) is 66.2 Å². The quantitative estimate of drug-likeness (QED) is 0.363. The van der Waals surface area contributed by atoms with E-state index >= 15 is 0 Å². The fourth-order valence-electron chi connectivity index (χ4n) is 2.24. The molecule has 0 atom stereocenters. The van der Waals surface area contributed by atoms with Crippen LogP contribution in [0.15, 0.2) is 0 Å². The van der Waals surface area contributed by atoms with Crippen molar-refractivity contribution < 1.29 is 13.3 Å². The maximum Gasteiger partial charge on any atom is 0.500 e. The predicted molar refractivity (Wildman–Crippen MR) is 89.4 cm³/mol. The third-order valence-corrected chi connectivity index (χ3v) is 6.26. The Morgan fingerprint density at radius 1 is 0.818 bits per heavy atom. The van der Waals surface area contributed by atoms with Crippen LogP contribution >= 0.6 is 0 Å². The predicted octanol–water partition coefficient (Wildman–Crippen LogP) is 2.57. The SMILES string of the molecule is [C-]#[N+]CCN(CCC[Si](OCC)(OCC)OCC)CC[N+]#[C-]. The molecule has 0 aromatic rings. The fourth-order valence-corrected chi connectivity index (χ4v) is 4.83. The molecule has 0 aliphatic rings. The molecular weight excluding hydrogens is 298 g/mol. The monoisotopic (exact) mass is 327 g/mol. The summed E-state index contributed by atoms with van der Waals surface area (Å²) in [5.41, 5.74) is 0. The zero-order valence-electron chi connectivity index (χ0n) is 14.1. The Morgan fingerprint density at radius 3 is 1.64 bits per heavy atom. The van der Waals surface area contributed by atoms with E-state index in [0.717, 1.165) is 19.0 Å². The van der Waals surface area contributed by atoms with Gasteiger partial charge in [-0.25, -0.2) is 13.1 Å². The van der Waals surface area contributed by atoms with Crippen LogP contribution in [0.5, 0.6) is 0 Å². The van der Waals surface area contributed by atoms with Gasteiger partial charge in [-0.1, -0.05) is 0 Å². The zero-order chi connectivity index (χ0) is 16.7. The Balaban J connectivity index is 4.46.